The molecule has 1 saturated heterocycles. The fourth-order valence-corrected chi connectivity index (χ4v) is 4.61. The number of thioether (sulfide) groups is 1. The summed E-state index contributed by atoms with van der Waals surface area (Å²) in [7, 11) is 1.21. The topological polar surface area (TPSA) is 102 Å². The van der Waals surface area contributed by atoms with Crippen LogP contribution in [0.15, 0.2) is 71.6 Å². The fourth-order valence-electron chi connectivity index (χ4n) is 3.46. The van der Waals surface area contributed by atoms with Gasteiger partial charge in [0.05, 0.1) is 22.6 Å². The van der Waals surface area contributed by atoms with Gasteiger partial charge in [-0.2, -0.15) is 0 Å². The summed E-state index contributed by atoms with van der Waals surface area (Å²) in [5.74, 6) is -1.37. The summed E-state index contributed by atoms with van der Waals surface area (Å²) in [6.07, 6.45) is 1.56. The second-order valence-electron chi connectivity index (χ2n) is 7.96. The van der Waals surface area contributed by atoms with Crippen LogP contribution >= 0.6 is 35.0 Å². The molecule has 0 aromatic heterocycles. The number of esters is 1. The van der Waals surface area contributed by atoms with Gasteiger partial charge in [0, 0.05) is 16.3 Å². The minimum absolute atomic E-state index is 0.0676. The van der Waals surface area contributed by atoms with Crippen molar-refractivity contribution < 1.29 is 28.7 Å². The van der Waals surface area contributed by atoms with E-state index in [9.17, 15) is 19.2 Å². The fraction of sp³-hybridized carbons (Fsp3) is 0.111. The van der Waals surface area contributed by atoms with Gasteiger partial charge in [0.2, 0.25) is 5.91 Å². The number of carbonyl (C=O) groups is 4. The van der Waals surface area contributed by atoms with E-state index in [1.807, 2.05) is 12.1 Å². The molecule has 11 heteroatoms. The van der Waals surface area contributed by atoms with E-state index < -0.39 is 29.6 Å². The Labute approximate surface area is 232 Å². The third-order valence-electron chi connectivity index (χ3n) is 5.34. The average molecular weight is 571 g/mol. The molecule has 38 heavy (non-hydrogen) atoms. The first kappa shape index (κ1) is 27.3. The molecule has 0 bridgehead atoms. The van der Waals surface area contributed by atoms with E-state index >= 15 is 0 Å². The van der Waals surface area contributed by atoms with Gasteiger partial charge >= 0.3 is 5.97 Å². The van der Waals surface area contributed by atoms with Crippen molar-refractivity contribution in [2.75, 3.05) is 19.0 Å². The number of ether oxygens (including phenoxy) is 2. The first-order chi connectivity index (χ1) is 18.2. The van der Waals surface area contributed by atoms with E-state index in [0.29, 0.717) is 16.3 Å². The van der Waals surface area contributed by atoms with Gasteiger partial charge in [-0.05, 0) is 59.8 Å². The molecule has 0 radical (unpaired) electrons. The predicted molar refractivity (Wildman–Crippen MR) is 146 cm³/mol. The Morgan fingerprint density at radius 2 is 1.76 bits per heavy atom. The van der Waals surface area contributed by atoms with Crippen LogP contribution in [0.2, 0.25) is 10.0 Å². The molecular weight excluding hydrogens is 551 g/mol. The highest BCUT2D eigenvalue weighted by Crippen LogP contribution is 2.34. The Morgan fingerprint density at radius 3 is 2.50 bits per heavy atom. The van der Waals surface area contributed by atoms with E-state index in [2.05, 4.69) is 10.1 Å². The lowest BCUT2D eigenvalue weighted by Gasteiger charge is -2.13. The van der Waals surface area contributed by atoms with Gasteiger partial charge in [0.1, 0.15) is 18.9 Å². The number of anilines is 1. The lowest BCUT2D eigenvalue weighted by Crippen LogP contribution is -2.36. The number of methoxy groups -OCH3 is 1. The van der Waals surface area contributed by atoms with Crippen LogP contribution in [-0.2, 0) is 20.9 Å². The van der Waals surface area contributed by atoms with E-state index in [0.717, 1.165) is 22.2 Å². The van der Waals surface area contributed by atoms with Crippen molar-refractivity contribution in [2.24, 2.45) is 0 Å². The zero-order valence-electron chi connectivity index (χ0n) is 19.9. The third kappa shape index (κ3) is 6.55. The summed E-state index contributed by atoms with van der Waals surface area (Å²) in [6, 6.07) is 18.6. The second-order valence-corrected chi connectivity index (χ2v) is 9.79. The Bertz CT molecular complexity index is 1440. The third-order valence-corrected chi connectivity index (χ3v) is 6.83. The van der Waals surface area contributed by atoms with Crippen molar-refractivity contribution in [3.8, 4) is 5.75 Å². The van der Waals surface area contributed by atoms with Gasteiger partial charge in [-0.3, -0.25) is 19.3 Å². The molecule has 0 aliphatic carbocycles. The monoisotopic (exact) mass is 570 g/mol. The average Bonchev–Trinajstić information content (AvgIpc) is 3.17. The largest absolute Gasteiger partial charge is 0.488 e. The van der Waals surface area contributed by atoms with Crippen molar-refractivity contribution in [3.63, 3.8) is 0 Å². The standard InChI is InChI=1S/C27H20Cl2N2O6S/c1-36-26(34)20-13-19(10-11-21(20)29)30-24(32)14-31-25(33)23(38-27(31)35)12-17-4-2-3-5-22(17)37-15-16-6-8-18(28)9-7-16/h2-13H,14-15H2,1H3,(H,30,32)/b23-12+. The number of nitrogens with one attached hydrogen (secondary N) is 1. The molecule has 0 saturated carbocycles. The Morgan fingerprint density at radius 1 is 1.03 bits per heavy atom. The number of para-hydroxylation sites is 1. The summed E-state index contributed by atoms with van der Waals surface area (Å²) in [4.78, 5) is 50.9. The molecule has 8 nitrogen and oxygen atoms in total. The van der Waals surface area contributed by atoms with Crippen molar-refractivity contribution in [1.29, 1.82) is 0 Å². The molecule has 194 valence electrons. The van der Waals surface area contributed by atoms with Crippen LogP contribution in [0.25, 0.3) is 6.08 Å². The Balaban J connectivity index is 1.44. The van der Waals surface area contributed by atoms with Crippen LogP contribution in [0.1, 0.15) is 21.5 Å². The first-order valence-electron chi connectivity index (χ1n) is 11.1. The molecule has 0 unspecified atom stereocenters. The number of rotatable bonds is 8. The van der Waals surface area contributed by atoms with Crippen molar-refractivity contribution in [3.05, 3.63) is 98.4 Å². The molecule has 1 heterocycles. The molecule has 0 spiro atoms. The van der Waals surface area contributed by atoms with E-state index in [4.69, 9.17) is 27.9 Å². The number of hydrogen-bond donors (Lipinski definition) is 1. The SMILES string of the molecule is COC(=O)c1cc(NC(=O)CN2C(=O)S/C(=C/c3ccccc3OCc3ccc(Cl)cc3)C2=O)ccc1Cl. The van der Waals surface area contributed by atoms with Gasteiger partial charge in [0.25, 0.3) is 11.1 Å². The van der Waals surface area contributed by atoms with E-state index in [-0.39, 0.29) is 27.8 Å². The zero-order chi connectivity index (χ0) is 27.2. The minimum atomic E-state index is -0.667. The Kier molecular flexibility index (Phi) is 8.73. The van der Waals surface area contributed by atoms with Crippen LogP contribution in [0, 0.1) is 0 Å². The van der Waals surface area contributed by atoms with Crippen LogP contribution in [0.5, 0.6) is 5.75 Å². The molecule has 1 aliphatic rings. The van der Waals surface area contributed by atoms with Crippen LogP contribution in [-0.4, -0.2) is 41.6 Å². The molecule has 1 fully saturated rings. The predicted octanol–water partition coefficient (Wildman–Crippen LogP) is 6.03. The van der Waals surface area contributed by atoms with Crippen molar-refractivity contribution in [1.82, 2.24) is 4.90 Å². The zero-order valence-corrected chi connectivity index (χ0v) is 22.2. The number of halogens is 2. The van der Waals surface area contributed by atoms with Crippen molar-refractivity contribution in [2.45, 2.75) is 6.61 Å². The van der Waals surface area contributed by atoms with Gasteiger partial charge in [-0.25, -0.2) is 4.79 Å². The van der Waals surface area contributed by atoms with E-state index in [1.165, 1.54) is 25.3 Å². The second kappa shape index (κ2) is 12.2. The number of hydrogen-bond acceptors (Lipinski definition) is 7. The molecule has 3 amide bonds. The number of amides is 3. The Hall–Kier alpha value is -3.79. The molecule has 1 aliphatic heterocycles. The molecule has 0 atom stereocenters. The maximum atomic E-state index is 13.0. The maximum absolute atomic E-state index is 13.0. The van der Waals surface area contributed by atoms with E-state index in [1.54, 1.807) is 42.5 Å². The molecule has 3 aromatic carbocycles. The summed E-state index contributed by atoms with van der Waals surface area (Å²) in [5.41, 5.74) is 1.84. The smallest absolute Gasteiger partial charge is 0.339 e. The minimum Gasteiger partial charge on any atom is -0.488 e. The molecule has 3 aromatic rings. The lowest BCUT2D eigenvalue weighted by atomic mass is 10.1. The van der Waals surface area contributed by atoms with Gasteiger partial charge in [-0.1, -0.05) is 53.5 Å². The van der Waals surface area contributed by atoms with Crippen LogP contribution < -0.4 is 10.1 Å². The van der Waals surface area contributed by atoms with Crippen molar-refractivity contribution >= 4 is 69.8 Å². The number of carbonyl (C=O) groups excluding carboxylic acids is 4. The maximum Gasteiger partial charge on any atom is 0.339 e. The van der Waals surface area contributed by atoms with Gasteiger partial charge in [-0.15, -0.1) is 0 Å². The number of benzene rings is 3. The highest BCUT2D eigenvalue weighted by Gasteiger charge is 2.36. The molecular formula is C27H20Cl2N2O6S. The van der Waals surface area contributed by atoms with Gasteiger partial charge in [0.15, 0.2) is 0 Å². The highest BCUT2D eigenvalue weighted by atomic mass is 35.5. The summed E-state index contributed by atoms with van der Waals surface area (Å²) >= 11 is 12.7. The first-order valence-corrected chi connectivity index (χ1v) is 12.7. The lowest BCUT2D eigenvalue weighted by molar-refractivity contribution is -0.127. The summed E-state index contributed by atoms with van der Waals surface area (Å²) in [5, 5.41) is 2.75. The number of nitrogens with zero attached hydrogens (tertiary/aromatic N) is 1. The van der Waals surface area contributed by atoms with Crippen LogP contribution in [0.3, 0.4) is 0 Å². The van der Waals surface area contributed by atoms with Crippen LogP contribution in [0.4, 0.5) is 10.5 Å². The summed E-state index contributed by atoms with van der Waals surface area (Å²) in [6.45, 7) is -0.223. The summed E-state index contributed by atoms with van der Waals surface area (Å²) < 4.78 is 10.6. The van der Waals surface area contributed by atoms with Gasteiger partial charge < -0.3 is 14.8 Å². The molecule has 1 N–H and O–H groups in total. The highest BCUT2D eigenvalue weighted by molar-refractivity contribution is 8.18. The normalized spacial score (nSPS) is 14.1. The number of imide groups is 1. The molecule has 4 rings (SSSR count). The quantitative estimate of drug-likeness (QED) is 0.260.